The van der Waals surface area contributed by atoms with Crippen LogP contribution in [0.25, 0.3) is 21.8 Å². The Morgan fingerprint density at radius 1 is 1.03 bits per heavy atom. The number of thioether (sulfide) groups is 1. The molecule has 0 amide bonds. The molecule has 0 bridgehead atoms. The number of fused-ring (bicyclic) bond motifs is 2. The minimum absolute atomic E-state index is 0.0552. The monoisotopic (exact) mass is 446 g/mol. The van der Waals surface area contributed by atoms with Crippen LogP contribution >= 0.6 is 11.8 Å². The summed E-state index contributed by atoms with van der Waals surface area (Å²) in [7, 11) is 0. The SMILES string of the molecule is CC(C)c1c2ccc(CCc3cc(O)ccc3SC(F)(F)F)cc2cc2[nH]c(=O)[nH]c12. The fourth-order valence-corrected chi connectivity index (χ4v) is 4.68. The molecule has 3 aromatic carbocycles. The van der Waals surface area contributed by atoms with Crippen molar-refractivity contribution >= 4 is 33.6 Å². The van der Waals surface area contributed by atoms with Crippen molar-refractivity contribution in [2.24, 2.45) is 0 Å². The van der Waals surface area contributed by atoms with E-state index in [1.807, 2.05) is 24.3 Å². The third kappa shape index (κ3) is 4.58. The molecule has 0 spiro atoms. The number of hydrogen-bond acceptors (Lipinski definition) is 3. The Morgan fingerprint density at radius 2 is 1.81 bits per heavy atom. The molecule has 31 heavy (non-hydrogen) atoms. The highest BCUT2D eigenvalue weighted by Crippen LogP contribution is 2.40. The number of H-pyrrole nitrogens is 2. The first-order valence-corrected chi connectivity index (χ1v) is 10.7. The van der Waals surface area contributed by atoms with Crippen molar-refractivity contribution in [1.29, 1.82) is 0 Å². The van der Waals surface area contributed by atoms with Crippen LogP contribution in [0, 0.1) is 0 Å². The van der Waals surface area contributed by atoms with Crippen LogP contribution in [0.4, 0.5) is 13.2 Å². The van der Waals surface area contributed by atoms with Gasteiger partial charge in [-0.3, -0.25) is 0 Å². The molecule has 0 aliphatic carbocycles. The molecule has 0 aliphatic heterocycles. The zero-order chi connectivity index (χ0) is 22.3. The van der Waals surface area contributed by atoms with Crippen LogP contribution in [-0.2, 0) is 12.8 Å². The quantitative estimate of drug-likeness (QED) is 0.318. The molecule has 0 saturated carbocycles. The number of aromatic amines is 2. The Balaban J connectivity index is 1.68. The molecule has 162 valence electrons. The molecule has 4 aromatic rings. The second-order valence-corrected chi connectivity index (χ2v) is 8.95. The van der Waals surface area contributed by atoms with Crippen molar-refractivity contribution in [2.75, 3.05) is 0 Å². The molecule has 0 unspecified atom stereocenters. The average molecular weight is 446 g/mol. The Bertz CT molecular complexity index is 1320. The minimum atomic E-state index is -4.39. The van der Waals surface area contributed by atoms with Gasteiger partial charge in [0.2, 0.25) is 0 Å². The summed E-state index contributed by atoms with van der Waals surface area (Å²) in [5.41, 5.74) is -0.647. The number of aromatic hydroxyl groups is 1. The molecule has 1 aromatic heterocycles. The Morgan fingerprint density at radius 3 is 2.52 bits per heavy atom. The largest absolute Gasteiger partial charge is 0.508 e. The van der Waals surface area contributed by atoms with Crippen molar-refractivity contribution in [3.05, 3.63) is 69.6 Å². The highest BCUT2D eigenvalue weighted by molar-refractivity contribution is 8.00. The molecule has 0 aliphatic rings. The van der Waals surface area contributed by atoms with E-state index in [0.29, 0.717) is 18.4 Å². The summed E-state index contributed by atoms with van der Waals surface area (Å²) in [5, 5.41) is 11.7. The summed E-state index contributed by atoms with van der Waals surface area (Å²) in [5.74, 6) is 0.137. The molecule has 0 atom stereocenters. The lowest BCUT2D eigenvalue weighted by atomic mass is 9.92. The van der Waals surface area contributed by atoms with Gasteiger partial charge in [0.05, 0.1) is 11.0 Å². The fourth-order valence-electron chi connectivity index (χ4n) is 4.00. The van der Waals surface area contributed by atoms with Gasteiger partial charge in [0.15, 0.2) is 0 Å². The Hall–Kier alpha value is -2.87. The first-order chi connectivity index (χ1) is 14.6. The van der Waals surface area contributed by atoms with Crippen molar-refractivity contribution in [2.45, 2.75) is 43.0 Å². The van der Waals surface area contributed by atoms with Crippen LogP contribution in [0.5, 0.6) is 5.75 Å². The number of imidazole rings is 1. The molecule has 0 radical (unpaired) electrons. The number of aromatic nitrogens is 2. The first-order valence-electron chi connectivity index (χ1n) is 9.86. The van der Waals surface area contributed by atoms with Gasteiger partial charge in [0.25, 0.3) is 0 Å². The highest BCUT2D eigenvalue weighted by Gasteiger charge is 2.30. The Kier molecular flexibility index (Phi) is 5.51. The van der Waals surface area contributed by atoms with Crippen LogP contribution in [0.2, 0.25) is 0 Å². The van der Waals surface area contributed by atoms with E-state index in [1.54, 1.807) is 0 Å². The van der Waals surface area contributed by atoms with Crippen LogP contribution in [0.1, 0.15) is 36.5 Å². The third-order valence-electron chi connectivity index (χ3n) is 5.26. The molecule has 4 nitrogen and oxygen atoms in total. The molecule has 3 N–H and O–H groups in total. The second-order valence-electron chi connectivity index (χ2n) is 7.84. The predicted octanol–water partition coefficient (Wildman–Crippen LogP) is 6.24. The van der Waals surface area contributed by atoms with Crippen LogP contribution in [0.3, 0.4) is 0 Å². The number of alkyl halides is 3. The van der Waals surface area contributed by atoms with E-state index in [9.17, 15) is 23.1 Å². The summed E-state index contributed by atoms with van der Waals surface area (Å²) in [4.78, 5) is 17.6. The van der Waals surface area contributed by atoms with E-state index in [4.69, 9.17) is 0 Å². The molecule has 4 rings (SSSR count). The molecule has 0 fully saturated rings. The number of hydrogen-bond donors (Lipinski definition) is 3. The van der Waals surface area contributed by atoms with Gasteiger partial charge in [-0.25, -0.2) is 4.79 Å². The van der Waals surface area contributed by atoms with Crippen molar-refractivity contribution < 1.29 is 18.3 Å². The normalized spacial score (nSPS) is 12.3. The van der Waals surface area contributed by atoms with Gasteiger partial charge < -0.3 is 15.1 Å². The lowest BCUT2D eigenvalue weighted by molar-refractivity contribution is -0.0328. The summed E-state index contributed by atoms with van der Waals surface area (Å²) in [6.07, 6.45) is 0.877. The van der Waals surface area contributed by atoms with Crippen LogP contribution in [0.15, 0.2) is 52.2 Å². The molecule has 1 heterocycles. The average Bonchev–Trinajstić information content (AvgIpc) is 3.04. The van der Waals surface area contributed by atoms with Crippen molar-refractivity contribution in [3.63, 3.8) is 0 Å². The first kappa shape index (κ1) is 21.4. The number of halogens is 3. The van der Waals surface area contributed by atoms with E-state index in [0.717, 1.165) is 32.9 Å². The van der Waals surface area contributed by atoms with Crippen molar-refractivity contribution in [3.8, 4) is 5.75 Å². The number of nitrogens with one attached hydrogen (secondary N) is 2. The van der Waals surface area contributed by atoms with E-state index < -0.39 is 5.51 Å². The predicted molar refractivity (Wildman–Crippen MR) is 118 cm³/mol. The van der Waals surface area contributed by atoms with E-state index in [2.05, 4.69) is 23.8 Å². The van der Waals surface area contributed by atoms with Gasteiger partial charge >= 0.3 is 11.2 Å². The Labute approximate surface area is 180 Å². The maximum Gasteiger partial charge on any atom is 0.446 e. The molecular formula is C23H21F3N2O2S. The number of phenolic OH excluding ortho intramolecular Hbond substituents is 1. The van der Waals surface area contributed by atoms with Crippen LogP contribution in [-0.4, -0.2) is 20.6 Å². The number of benzene rings is 3. The molecular weight excluding hydrogens is 425 g/mol. The zero-order valence-corrected chi connectivity index (χ0v) is 17.7. The van der Waals surface area contributed by atoms with E-state index in [-0.39, 0.29) is 34.0 Å². The maximum absolute atomic E-state index is 12.9. The van der Waals surface area contributed by atoms with Crippen molar-refractivity contribution in [1.82, 2.24) is 9.97 Å². The topological polar surface area (TPSA) is 68.9 Å². The lowest BCUT2D eigenvalue weighted by Gasteiger charge is -2.14. The number of phenols is 1. The smallest absolute Gasteiger partial charge is 0.446 e. The van der Waals surface area contributed by atoms with Gasteiger partial charge in [-0.05, 0) is 82.2 Å². The van der Waals surface area contributed by atoms with Gasteiger partial charge in [0, 0.05) is 4.90 Å². The summed E-state index contributed by atoms with van der Waals surface area (Å²) >= 11 is -0.166. The van der Waals surface area contributed by atoms with Crippen LogP contribution < -0.4 is 5.69 Å². The van der Waals surface area contributed by atoms with E-state index in [1.165, 1.54) is 18.2 Å². The molecule has 8 heteroatoms. The van der Waals surface area contributed by atoms with Gasteiger partial charge in [0.1, 0.15) is 5.75 Å². The number of rotatable bonds is 5. The zero-order valence-electron chi connectivity index (χ0n) is 16.9. The van der Waals surface area contributed by atoms with Gasteiger partial charge in [-0.15, -0.1) is 0 Å². The highest BCUT2D eigenvalue weighted by atomic mass is 32.2. The summed E-state index contributed by atoms with van der Waals surface area (Å²) in [6.45, 7) is 4.13. The summed E-state index contributed by atoms with van der Waals surface area (Å²) in [6, 6.07) is 11.8. The minimum Gasteiger partial charge on any atom is -0.508 e. The second kappa shape index (κ2) is 8.00. The maximum atomic E-state index is 12.9. The van der Waals surface area contributed by atoms with E-state index >= 15 is 0 Å². The standard InChI is InChI=1S/C23H21F3N2O2S/c1-12(2)20-17-7-4-13(9-15(17)11-18-21(20)28-22(30)27-18)3-5-14-10-16(29)6-8-19(14)31-23(24,25)26/h4,6-12,29H,3,5H2,1-2H3,(H2,27,28,30). The molecule has 0 saturated heterocycles. The lowest BCUT2D eigenvalue weighted by Crippen LogP contribution is -2.02. The van der Waals surface area contributed by atoms with Gasteiger partial charge in [-0.1, -0.05) is 32.0 Å². The number of aryl methyl sites for hydroxylation is 2. The fraction of sp³-hybridized carbons (Fsp3) is 0.261. The summed E-state index contributed by atoms with van der Waals surface area (Å²) < 4.78 is 38.6. The van der Waals surface area contributed by atoms with Gasteiger partial charge in [-0.2, -0.15) is 13.2 Å². The third-order valence-corrected chi connectivity index (χ3v) is 6.11.